The quantitative estimate of drug-likeness (QED) is 0.148. The van der Waals surface area contributed by atoms with Crippen molar-refractivity contribution in [2.24, 2.45) is 10.9 Å². The maximum atomic E-state index is 8.68. The van der Waals surface area contributed by atoms with E-state index in [1.165, 1.54) is 0 Å². The van der Waals surface area contributed by atoms with Crippen molar-refractivity contribution < 1.29 is 10.3 Å². The van der Waals surface area contributed by atoms with Gasteiger partial charge >= 0.3 is 0 Å². The number of hydrogen-bond donors (Lipinski definition) is 4. The molecule has 0 aliphatic carbocycles. The lowest BCUT2D eigenvalue weighted by Gasteiger charge is -2.09. The van der Waals surface area contributed by atoms with Crippen LogP contribution in [0.2, 0.25) is 0 Å². The SMILES string of the molecule is CC(CO)NCCCCC(N)=NO. The van der Waals surface area contributed by atoms with Crippen LogP contribution in [0.15, 0.2) is 5.16 Å². The van der Waals surface area contributed by atoms with Gasteiger partial charge in [-0.2, -0.15) is 0 Å². The Morgan fingerprint density at radius 1 is 1.54 bits per heavy atom. The van der Waals surface area contributed by atoms with E-state index in [1.54, 1.807) is 0 Å². The maximum absolute atomic E-state index is 8.68. The molecule has 5 nitrogen and oxygen atoms in total. The number of rotatable bonds is 7. The van der Waals surface area contributed by atoms with Crippen molar-refractivity contribution in [2.45, 2.75) is 32.2 Å². The Hall–Kier alpha value is -0.810. The lowest BCUT2D eigenvalue weighted by molar-refractivity contribution is 0.251. The van der Waals surface area contributed by atoms with Crippen molar-refractivity contribution >= 4 is 5.84 Å². The first-order valence-electron chi connectivity index (χ1n) is 4.51. The van der Waals surface area contributed by atoms with Crippen molar-refractivity contribution in [2.75, 3.05) is 13.2 Å². The fourth-order valence-corrected chi connectivity index (χ4v) is 0.894. The van der Waals surface area contributed by atoms with Crippen LogP contribution >= 0.6 is 0 Å². The molecular weight excluding hydrogens is 170 g/mol. The average Bonchev–Trinajstić information content (AvgIpc) is 2.16. The molecule has 1 atom stereocenters. The minimum absolute atomic E-state index is 0.142. The highest BCUT2D eigenvalue weighted by molar-refractivity contribution is 5.79. The van der Waals surface area contributed by atoms with E-state index in [-0.39, 0.29) is 18.5 Å². The topological polar surface area (TPSA) is 90.9 Å². The Bertz CT molecular complexity index is 150. The van der Waals surface area contributed by atoms with Gasteiger partial charge in [-0.3, -0.25) is 0 Å². The van der Waals surface area contributed by atoms with Crippen LogP contribution in [0, 0.1) is 0 Å². The molecule has 0 aromatic carbocycles. The highest BCUT2D eigenvalue weighted by Crippen LogP contribution is 1.94. The first-order valence-corrected chi connectivity index (χ1v) is 4.51. The van der Waals surface area contributed by atoms with Gasteiger partial charge in [-0.05, 0) is 26.3 Å². The van der Waals surface area contributed by atoms with Crippen molar-refractivity contribution in [1.82, 2.24) is 5.32 Å². The summed E-state index contributed by atoms with van der Waals surface area (Å²) in [6.07, 6.45) is 2.47. The molecule has 0 aromatic rings. The predicted octanol–water partition coefficient (Wildman–Crippen LogP) is -0.126. The van der Waals surface area contributed by atoms with E-state index < -0.39 is 0 Å². The lowest BCUT2D eigenvalue weighted by atomic mass is 10.2. The zero-order valence-corrected chi connectivity index (χ0v) is 8.03. The van der Waals surface area contributed by atoms with Crippen molar-refractivity contribution in [3.05, 3.63) is 0 Å². The number of nitrogens with one attached hydrogen (secondary N) is 1. The summed E-state index contributed by atoms with van der Waals surface area (Å²) in [5.74, 6) is 0.273. The smallest absolute Gasteiger partial charge is 0.139 e. The number of nitrogens with two attached hydrogens (primary N) is 1. The minimum atomic E-state index is 0.142. The molecule has 0 amide bonds. The molecule has 78 valence electrons. The van der Waals surface area contributed by atoms with Gasteiger partial charge in [0, 0.05) is 12.5 Å². The average molecular weight is 189 g/mol. The van der Waals surface area contributed by atoms with Crippen molar-refractivity contribution in [3.8, 4) is 0 Å². The first-order chi connectivity index (χ1) is 6.20. The summed E-state index contributed by atoms with van der Waals surface area (Å²) < 4.78 is 0. The molecule has 0 saturated carbocycles. The van der Waals surface area contributed by atoms with E-state index >= 15 is 0 Å². The highest BCUT2D eigenvalue weighted by Gasteiger charge is 1.97. The number of aliphatic hydroxyl groups is 1. The third kappa shape index (κ3) is 7.55. The van der Waals surface area contributed by atoms with Crippen LogP contribution in [0.25, 0.3) is 0 Å². The molecule has 0 spiro atoms. The van der Waals surface area contributed by atoms with Crippen LogP contribution in [0.5, 0.6) is 0 Å². The van der Waals surface area contributed by atoms with E-state index in [4.69, 9.17) is 16.0 Å². The third-order valence-electron chi connectivity index (χ3n) is 1.75. The van der Waals surface area contributed by atoms with Gasteiger partial charge in [0.1, 0.15) is 5.84 Å². The fraction of sp³-hybridized carbons (Fsp3) is 0.875. The fourth-order valence-electron chi connectivity index (χ4n) is 0.894. The van der Waals surface area contributed by atoms with Crippen molar-refractivity contribution in [3.63, 3.8) is 0 Å². The summed E-state index contributed by atoms with van der Waals surface area (Å²) in [7, 11) is 0. The number of unbranched alkanes of at least 4 members (excludes halogenated alkanes) is 1. The van der Waals surface area contributed by atoms with Crippen LogP contribution in [0.3, 0.4) is 0 Å². The van der Waals surface area contributed by atoms with Gasteiger partial charge in [-0.15, -0.1) is 0 Å². The second-order valence-corrected chi connectivity index (χ2v) is 3.09. The van der Waals surface area contributed by atoms with Crippen LogP contribution in [-0.2, 0) is 0 Å². The number of nitrogens with zero attached hydrogens (tertiary/aromatic N) is 1. The van der Waals surface area contributed by atoms with Crippen LogP contribution in [0.4, 0.5) is 0 Å². The van der Waals surface area contributed by atoms with Gasteiger partial charge in [0.2, 0.25) is 0 Å². The van der Waals surface area contributed by atoms with Gasteiger partial charge in [0.15, 0.2) is 0 Å². The summed E-state index contributed by atoms with van der Waals surface area (Å²) in [6, 6.07) is 0.142. The first kappa shape index (κ1) is 12.2. The maximum Gasteiger partial charge on any atom is 0.139 e. The molecule has 0 radical (unpaired) electrons. The Balaban J connectivity index is 3.17. The largest absolute Gasteiger partial charge is 0.409 e. The van der Waals surface area contributed by atoms with Gasteiger partial charge in [-0.1, -0.05) is 5.16 Å². The summed E-state index contributed by atoms with van der Waals surface area (Å²) >= 11 is 0. The molecule has 0 saturated heterocycles. The molecule has 0 heterocycles. The number of hydrogen-bond acceptors (Lipinski definition) is 4. The molecule has 0 rings (SSSR count). The summed E-state index contributed by atoms with van der Waals surface area (Å²) in [4.78, 5) is 0. The van der Waals surface area contributed by atoms with Crippen LogP contribution in [-0.4, -0.2) is 35.3 Å². The lowest BCUT2D eigenvalue weighted by Crippen LogP contribution is -2.30. The highest BCUT2D eigenvalue weighted by atomic mass is 16.4. The summed E-state index contributed by atoms with van der Waals surface area (Å²) in [5, 5.41) is 22.9. The second kappa shape index (κ2) is 7.82. The monoisotopic (exact) mass is 189 g/mol. The van der Waals surface area contributed by atoms with Crippen LogP contribution in [0.1, 0.15) is 26.2 Å². The third-order valence-corrected chi connectivity index (χ3v) is 1.75. The molecule has 1 unspecified atom stereocenters. The summed E-state index contributed by atoms with van der Waals surface area (Å²) in [6.45, 7) is 2.92. The normalized spacial score (nSPS) is 14.5. The van der Waals surface area contributed by atoms with Gasteiger partial charge in [0.25, 0.3) is 0 Å². The van der Waals surface area contributed by atoms with Gasteiger partial charge in [-0.25, -0.2) is 0 Å². The van der Waals surface area contributed by atoms with E-state index in [1.807, 2.05) is 6.92 Å². The van der Waals surface area contributed by atoms with E-state index in [9.17, 15) is 0 Å². The van der Waals surface area contributed by atoms with E-state index in [0.717, 1.165) is 19.4 Å². The zero-order chi connectivity index (χ0) is 10.1. The number of aliphatic hydroxyl groups excluding tert-OH is 1. The Morgan fingerprint density at radius 3 is 2.77 bits per heavy atom. The van der Waals surface area contributed by atoms with Gasteiger partial charge in [0.05, 0.1) is 6.61 Å². The molecule has 0 aliphatic rings. The predicted molar refractivity (Wildman–Crippen MR) is 51.8 cm³/mol. The Labute approximate surface area is 78.6 Å². The molecule has 5 heteroatoms. The molecule has 5 N–H and O–H groups in total. The molecular formula is C8H19N3O2. The van der Waals surface area contributed by atoms with E-state index in [0.29, 0.717) is 6.42 Å². The Morgan fingerprint density at radius 2 is 2.23 bits per heavy atom. The van der Waals surface area contributed by atoms with Gasteiger partial charge < -0.3 is 21.4 Å². The second-order valence-electron chi connectivity index (χ2n) is 3.09. The van der Waals surface area contributed by atoms with Crippen molar-refractivity contribution in [1.29, 1.82) is 0 Å². The molecule has 0 fully saturated rings. The molecule has 0 bridgehead atoms. The number of oxime groups is 1. The zero-order valence-electron chi connectivity index (χ0n) is 8.03. The van der Waals surface area contributed by atoms with E-state index in [2.05, 4.69) is 10.5 Å². The molecule has 0 aromatic heterocycles. The summed E-state index contributed by atoms with van der Waals surface area (Å²) in [5.41, 5.74) is 5.28. The standard InChI is InChI=1S/C8H19N3O2/c1-7(6-12)10-5-3-2-4-8(9)11-13/h7,10,12-13H,2-6H2,1H3,(H2,9,11). The van der Waals surface area contributed by atoms with Crippen LogP contribution < -0.4 is 11.1 Å². The number of amidine groups is 1. The Kier molecular flexibility index (Phi) is 7.33. The minimum Gasteiger partial charge on any atom is -0.409 e. The molecule has 0 aliphatic heterocycles. The molecule has 13 heavy (non-hydrogen) atoms.